The zero-order valence-corrected chi connectivity index (χ0v) is 15.1. The molecule has 137 valence electrons. The molecule has 1 fully saturated rings. The number of anilines is 1. The Morgan fingerprint density at radius 3 is 2.81 bits per heavy atom. The van der Waals surface area contributed by atoms with Gasteiger partial charge in [0, 0.05) is 11.9 Å². The second-order valence-electron chi connectivity index (χ2n) is 6.83. The Labute approximate surface area is 157 Å². The van der Waals surface area contributed by atoms with E-state index in [9.17, 15) is 9.90 Å². The average Bonchev–Trinajstić information content (AvgIpc) is 2.67. The van der Waals surface area contributed by atoms with Crippen LogP contribution in [-0.2, 0) is 4.79 Å². The molecule has 1 aromatic heterocycles. The SMILES string of the molecule is Cc1ccc2c(N3CC[CH]CC3C(N)=O)nc(-c3ccccc3O)nc2c1. The van der Waals surface area contributed by atoms with Gasteiger partial charge in [0.15, 0.2) is 5.82 Å². The molecule has 1 radical (unpaired) electrons. The number of nitrogens with two attached hydrogens (primary N) is 1. The first-order chi connectivity index (χ1) is 13.0. The molecule has 1 saturated heterocycles. The Balaban J connectivity index is 1.95. The van der Waals surface area contributed by atoms with Crippen molar-refractivity contribution < 1.29 is 9.90 Å². The van der Waals surface area contributed by atoms with Crippen LogP contribution in [0, 0.1) is 13.3 Å². The molecule has 1 aliphatic heterocycles. The lowest BCUT2D eigenvalue weighted by Crippen LogP contribution is -2.48. The number of nitrogens with zero attached hydrogens (tertiary/aromatic N) is 3. The quantitative estimate of drug-likeness (QED) is 0.748. The van der Waals surface area contributed by atoms with Crippen molar-refractivity contribution in [1.82, 2.24) is 9.97 Å². The molecule has 0 bridgehead atoms. The first-order valence-electron chi connectivity index (χ1n) is 8.99. The third-order valence-corrected chi connectivity index (χ3v) is 4.92. The fraction of sp³-hybridized carbons (Fsp3) is 0.238. The number of primary amides is 1. The summed E-state index contributed by atoms with van der Waals surface area (Å²) < 4.78 is 0. The summed E-state index contributed by atoms with van der Waals surface area (Å²) in [4.78, 5) is 23.4. The lowest BCUT2D eigenvalue weighted by atomic mass is 10.0. The molecule has 1 amide bonds. The number of rotatable bonds is 3. The third kappa shape index (κ3) is 3.18. The molecule has 3 aromatic rings. The second-order valence-corrected chi connectivity index (χ2v) is 6.83. The molecule has 27 heavy (non-hydrogen) atoms. The normalized spacial score (nSPS) is 17.2. The number of aromatic nitrogens is 2. The van der Waals surface area contributed by atoms with E-state index < -0.39 is 6.04 Å². The van der Waals surface area contributed by atoms with Crippen LogP contribution >= 0.6 is 0 Å². The predicted octanol–water partition coefficient (Wildman–Crippen LogP) is 2.97. The molecule has 1 aliphatic rings. The number of carbonyl (C=O) groups is 1. The van der Waals surface area contributed by atoms with Crippen molar-refractivity contribution in [3.05, 3.63) is 54.4 Å². The first kappa shape index (κ1) is 17.3. The topological polar surface area (TPSA) is 92.3 Å². The minimum Gasteiger partial charge on any atom is -0.507 e. The average molecular weight is 361 g/mol. The van der Waals surface area contributed by atoms with Crippen LogP contribution in [0.15, 0.2) is 42.5 Å². The molecule has 3 N–H and O–H groups in total. The van der Waals surface area contributed by atoms with Gasteiger partial charge < -0.3 is 15.7 Å². The number of carbonyl (C=O) groups excluding carboxylic acids is 1. The van der Waals surface area contributed by atoms with Crippen LogP contribution < -0.4 is 10.6 Å². The summed E-state index contributed by atoms with van der Waals surface area (Å²) >= 11 is 0. The van der Waals surface area contributed by atoms with Crippen LogP contribution in [0.4, 0.5) is 5.82 Å². The summed E-state index contributed by atoms with van der Waals surface area (Å²) in [5, 5.41) is 11.1. The number of amides is 1. The van der Waals surface area contributed by atoms with Crippen LogP contribution in [0.25, 0.3) is 22.3 Å². The molecular weight excluding hydrogens is 340 g/mol. The number of piperidine rings is 1. The van der Waals surface area contributed by atoms with Crippen molar-refractivity contribution in [1.29, 1.82) is 0 Å². The number of para-hydroxylation sites is 1. The summed E-state index contributed by atoms with van der Waals surface area (Å²) in [6.07, 6.45) is 3.54. The van der Waals surface area contributed by atoms with Gasteiger partial charge in [-0.15, -0.1) is 0 Å². The molecule has 4 rings (SSSR count). The van der Waals surface area contributed by atoms with Gasteiger partial charge in [-0.25, -0.2) is 9.97 Å². The molecule has 0 spiro atoms. The van der Waals surface area contributed by atoms with E-state index in [4.69, 9.17) is 10.7 Å². The summed E-state index contributed by atoms with van der Waals surface area (Å²) in [6.45, 7) is 2.66. The zero-order valence-electron chi connectivity index (χ0n) is 15.1. The number of benzene rings is 2. The van der Waals surface area contributed by atoms with E-state index in [0.29, 0.717) is 30.2 Å². The summed E-state index contributed by atoms with van der Waals surface area (Å²) in [6, 6.07) is 12.5. The van der Waals surface area contributed by atoms with Crippen molar-refractivity contribution >= 4 is 22.6 Å². The molecule has 0 saturated carbocycles. The number of phenolic OH excluding ortho intramolecular Hbond substituents is 1. The Kier molecular flexibility index (Phi) is 4.39. The van der Waals surface area contributed by atoms with E-state index in [2.05, 4.69) is 11.4 Å². The van der Waals surface area contributed by atoms with Gasteiger partial charge in [0.1, 0.15) is 17.6 Å². The standard InChI is InChI=1S/C21H21N4O2/c1-13-9-10-14-16(12-13)23-20(15-6-2-3-8-18(15)26)24-21(14)25-11-5-4-7-17(25)19(22)27/h2-4,6,8-10,12,17,26H,5,7,11H2,1H3,(H2,22,27). The maximum Gasteiger partial charge on any atom is 0.240 e. The largest absolute Gasteiger partial charge is 0.507 e. The van der Waals surface area contributed by atoms with Gasteiger partial charge in [-0.05, 0) is 56.0 Å². The van der Waals surface area contributed by atoms with Gasteiger partial charge in [-0.1, -0.05) is 18.2 Å². The fourth-order valence-electron chi connectivity index (χ4n) is 3.54. The monoisotopic (exact) mass is 361 g/mol. The minimum absolute atomic E-state index is 0.119. The Bertz CT molecular complexity index is 1020. The number of hydrogen-bond donors (Lipinski definition) is 2. The lowest BCUT2D eigenvalue weighted by Gasteiger charge is -2.35. The Hall–Kier alpha value is -3.15. The first-order valence-corrected chi connectivity index (χ1v) is 8.99. The van der Waals surface area contributed by atoms with Gasteiger partial charge in [0.2, 0.25) is 5.91 Å². The van der Waals surface area contributed by atoms with Crippen molar-refractivity contribution in [2.24, 2.45) is 5.73 Å². The zero-order chi connectivity index (χ0) is 19.0. The highest BCUT2D eigenvalue weighted by atomic mass is 16.3. The number of aromatic hydroxyl groups is 1. The van der Waals surface area contributed by atoms with Gasteiger partial charge in [-0.3, -0.25) is 4.79 Å². The molecule has 2 aromatic carbocycles. The van der Waals surface area contributed by atoms with Gasteiger partial charge in [-0.2, -0.15) is 0 Å². The molecule has 1 atom stereocenters. The van der Waals surface area contributed by atoms with Crippen molar-refractivity contribution in [2.45, 2.75) is 25.8 Å². The van der Waals surface area contributed by atoms with Gasteiger partial charge in [0.05, 0.1) is 11.1 Å². The third-order valence-electron chi connectivity index (χ3n) is 4.92. The van der Waals surface area contributed by atoms with E-state index in [0.717, 1.165) is 22.9 Å². The van der Waals surface area contributed by atoms with E-state index >= 15 is 0 Å². The van der Waals surface area contributed by atoms with Crippen molar-refractivity contribution in [3.8, 4) is 17.1 Å². The molecule has 6 nitrogen and oxygen atoms in total. The van der Waals surface area contributed by atoms with E-state index in [-0.39, 0.29) is 11.7 Å². The molecule has 0 aliphatic carbocycles. The van der Waals surface area contributed by atoms with Crippen LogP contribution in [0.5, 0.6) is 5.75 Å². The summed E-state index contributed by atoms with van der Waals surface area (Å²) in [7, 11) is 0. The number of hydrogen-bond acceptors (Lipinski definition) is 5. The van der Waals surface area contributed by atoms with E-state index in [1.807, 2.05) is 36.1 Å². The van der Waals surface area contributed by atoms with Crippen LogP contribution in [0.2, 0.25) is 0 Å². The Morgan fingerprint density at radius 2 is 2.04 bits per heavy atom. The van der Waals surface area contributed by atoms with Crippen LogP contribution in [-0.4, -0.2) is 33.6 Å². The van der Waals surface area contributed by atoms with Crippen molar-refractivity contribution in [3.63, 3.8) is 0 Å². The summed E-state index contributed by atoms with van der Waals surface area (Å²) in [5.41, 5.74) is 8.06. The molecule has 2 heterocycles. The van der Waals surface area contributed by atoms with Gasteiger partial charge >= 0.3 is 0 Å². The highest BCUT2D eigenvalue weighted by molar-refractivity contribution is 5.94. The maximum absolute atomic E-state index is 12.0. The van der Waals surface area contributed by atoms with Gasteiger partial charge in [0.25, 0.3) is 0 Å². The number of aryl methyl sites for hydroxylation is 1. The smallest absolute Gasteiger partial charge is 0.240 e. The fourth-order valence-corrected chi connectivity index (χ4v) is 3.54. The second kappa shape index (κ2) is 6.87. The minimum atomic E-state index is -0.435. The van der Waals surface area contributed by atoms with E-state index in [1.165, 1.54) is 0 Å². The highest BCUT2D eigenvalue weighted by Gasteiger charge is 2.30. The predicted molar refractivity (Wildman–Crippen MR) is 105 cm³/mol. The van der Waals surface area contributed by atoms with Crippen LogP contribution in [0.1, 0.15) is 18.4 Å². The Morgan fingerprint density at radius 1 is 1.22 bits per heavy atom. The maximum atomic E-state index is 12.0. The summed E-state index contributed by atoms with van der Waals surface area (Å²) in [5.74, 6) is 0.858. The van der Waals surface area contributed by atoms with E-state index in [1.54, 1.807) is 18.2 Å². The number of fused-ring (bicyclic) bond motifs is 1. The van der Waals surface area contributed by atoms with Crippen LogP contribution in [0.3, 0.4) is 0 Å². The molecule has 6 heteroatoms. The highest BCUT2D eigenvalue weighted by Crippen LogP contribution is 2.34. The lowest BCUT2D eigenvalue weighted by molar-refractivity contribution is -0.119. The van der Waals surface area contributed by atoms with Crippen molar-refractivity contribution in [2.75, 3.05) is 11.4 Å². The molecular formula is C21H21N4O2. The number of phenols is 1. The molecule has 1 unspecified atom stereocenters.